The van der Waals surface area contributed by atoms with Crippen molar-refractivity contribution in [3.63, 3.8) is 0 Å². The molecule has 4 nitrogen and oxygen atoms in total. The third-order valence-corrected chi connectivity index (χ3v) is 3.46. The molecular formula is C11H20N2O2. The summed E-state index contributed by atoms with van der Waals surface area (Å²) in [6.45, 7) is 2.72. The monoisotopic (exact) mass is 212 g/mol. The van der Waals surface area contributed by atoms with Crippen LogP contribution in [-0.4, -0.2) is 53.2 Å². The molecule has 2 saturated heterocycles. The van der Waals surface area contributed by atoms with Crippen molar-refractivity contribution < 1.29 is 9.90 Å². The van der Waals surface area contributed by atoms with Crippen molar-refractivity contribution in [2.75, 3.05) is 26.2 Å². The van der Waals surface area contributed by atoms with Gasteiger partial charge >= 0.3 is 6.03 Å². The van der Waals surface area contributed by atoms with Gasteiger partial charge in [-0.3, -0.25) is 0 Å². The van der Waals surface area contributed by atoms with Gasteiger partial charge in [0.15, 0.2) is 0 Å². The quantitative estimate of drug-likeness (QED) is 0.706. The first kappa shape index (κ1) is 10.7. The molecule has 1 N–H and O–H groups in total. The Kier molecular flexibility index (Phi) is 3.46. The lowest BCUT2D eigenvalue weighted by Crippen LogP contribution is -2.48. The zero-order chi connectivity index (χ0) is 10.7. The number of carbonyl (C=O) groups excluding carboxylic acids is 1. The number of aliphatic hydroxyl groups excluding tert-OH is 1. The van der Waals surface area contributed by atoms with E-state index in [9.17, 15) is 9.90 Å². The number of amides is 2. The Hall–Kier alpha value is -0.770. The second kappa shape index (κ2) is 4.84. The van der Waals surface area contributed by atoms with Gasteiger partial charge in [0.1, 0.15) is 0 Å². The summed E-state index contributed by atoms with van der Waals surface area (Å²) in [5.74, 6) is 0. The first-order valence-electron chi connectivity index (χ1n) is 5.99. The number of rotatable bonds is 1. The Morgan fingerprint density at radius 2 is 1.87 bits per heavy atom. The van der Waals surface area contributed by atoms with Gasteiger partial charge in [0.25, 0.3) is 0 Å². The zero-order valence-corrected chi connectivity index (χ0v) is 9.19. The molecule has 86 valence electrons. The van der Waals surface area contributed by atoms with Gasteiger partial charge in [0, 0.05) is 19.6 Å². The number of piperidine rings is 1. The summed E-state index contributed by atoms with van der Waals surface area (Å²) in [4.78, 5) is 15.9. The molecule has 2 heterocycles. The van der Waals surface area contributed by atoms with Crippen molar-refractivity contribution in [3.8, 4) is 0 Å². The second-order valence-corrected chi connectivity index (χ2v) is 4.50. The Balaban J connectivity index is 1.93. The molecule has 0 aromatic heterocycles. The van der Waals surface area contributed by atoms with Crippen molar-refractivity contribution in [2.24, 2.45) is 0 Å². The first-order chi connectivity index (χ1) is 7.33. The van der Waals surface area contributed by atoms with Crippen LogP contribution in [0.1, 0.15) is 32.1 Å². The summed E-state index contributed by atoms with van der Waals surface area (Å²) in [6.07, 6.45) is 5.49. The lowest BCUT2D eigenvalue weighted by atomic mass is 10.1. The normalized spacial score (nSPS) is 27.1. The Morgan fingerprint density at radius 1 is 1.13 bits per heavy atom. The van der Waals surface area contributed by atoms with Crippen molar-refractivity contribution in [2.45, 2.75) is 38.1 Å². The van der Waals surface area contributed by atoms with Gasteiger partial charge in [-0.2, -0.15) is 0 Å². The predicted octanol–water partition coefficient (Wildman–Crippen LogP) is 1.05. The van der Waals surface area contributed by atoms with Crippen molar-refractivity contribution in [3.05, 3.63) is 0 Å². The van der Waals surface area contributed by atoms with E-state index in [0.29, 0.717) is 0 Å². The highest BCUT2D eigenvalue weighted by molar-refractivity contribution is 5.75. The molecule has 2 aliphatic heterocycles. The number of nitrogens with zero attached hydrogens (tertiary/aromatic N) is 2. The van der Waals surface area contributed by atoms with Crippen LogP contribution in [0, 0.1) is 0 Å². The largest absolute Gasteiger partial charge is 0.394 e. The van der Waals surface area contributed by atoms with Crippen molar-refractivity contribution in [1.29, 1.82) is 0 Å². The van der Waals surface area contributed by atoms with Gasteiger partial charge in [-0.25, -0.2) is 4.79 Å². The van der Waals surface area contributed by atoms with Crippen LogP contribution >= 0.6 is 0 Å². The Labute approximate surface area is 90.9 Å². The third kappa shape index (κ3) is 2.25. The highest BCUT2D eigenvalue weighted by Crippen LogP contribution is 2.20. The lowest BCUT2D eigenvalue weighted by Gasteiger charge is -2.33. The molecule has 0 aromatic rings. The van der Waals surface area contributed by atoms with Crippen LogP contribution in [0.4, 0.5) is 4.79 Å². The minimum atomic E-state index is 0.0689. The second-order valence-electron chi connectivity index (χ2n) is 4.50. The van der Waals surface area contributed by atoms with Crippen molar-refractivity contribution in [1.82, 2.24) is 9.80 Å². The van der Waals surface area contributed by atoms with Crippen LogP contribution in [0.3, 0.4) is 0 Å². The fourth-order valence-corrected chi connectivity index (χ4v) is 2.54. The molecule has 4 heteroatoms. The van der Waals surface area contributed by atoms with E-state index < -0.39 is 0 Å². The van der Waals surface area contributed by atoms with E-state index in [0.717, 1.165) is 45.3 Å². The summed E-state index contributed by atoms with van der Waals surface area (Å²) in [7, 11) is 0. The predicted molar refractivity (Wildman–Crippen MR) is 57.6 cm³/mol. The maximum atomic E-state index is 12.1. The molecule has 0 unspecified atom stereocenters. The molecule has 0 bridgehead atoms. The molecule has 0 aliphatic carbocycles. The number of carbonyl (C=O) groups is 1. The summed E-state index contributed by atoms with van der Waals surface area (Å²) in [5, 5.41) is 9.17. The van der Waals surface area contributed by atoms with Crippen LogP contribution < -0.4 is 0 Å². The minimum Gasteiger partial charge on any atom is -0.394 e. The van der Waals surface area contributed by atoms with E-state index in [1.54, 1.807) is 0 Å². The van der Waals surface area contributed by atoms with E-state index >= 15 is 0 Å². The minimum absolute atomic E-state index is 0.0689. The fraction of sp³-hybridized carbons (Fsp3) is 0.909. The smallest absolute Gasteiger partial charge is 0.320 e. The summed E-state index contributed by atoms with van der Waals surface area (Å²) >= 11 is 0. The molecule has 0 spiro atoms. The van der Waals surface area contributed by atoms with Gasteiger partial charge in [0.05, 0.1) is 12.6 Å². The maximum Gasteiger partial charge on any atom is 0.320 e. The van der Waals surface area contributed by atoms with E-state index in [1.165, 1.54) is 6.42 Å². The topological polar surface area (TPSA) is 43.8 Å². The zero-order valence-electron chi connectivity index (χ0n) is 9.19. The molecule has 2 aliphatic rings. The highest BCUT2D eigenvalue weighted by atomic mass is 16.3. The fourth-order valence-electron chi connectivity index (χ4n) is 2.54. The van der Waals surface area contributed by atoms with E-state index in [4.69, 9.17) is 0 Å². The van der Waals surface area contributed by atoms with Crippen LogP contribution in [-0.2, 0) is 0 Å². The molecule has 0 radical (unpaired) electrons. The first-order valence-corrected chi connectivity index (χ1v) is 5.99. The molecule has 2 fully saturated rings. The molecule has 0 aromatic carbocycles. The Morgan fingerprint density at radius 3 is 2.53 bits per heavy atom. The van der Waals surface area contributed by atoms with Crippen LogP contribution in [0.15, 0.2) is 0 Å². The van der Waals surface area contributed by atoms with Gasteiger partial charge in [-0.1, -0.05) is 0 Å². The van der Waals surface area contributed by atoms with Crippen molar-refractivity contribution >= 4 is 6.03 Å². The average molecular weight is 212 g/mol. The number of likely N-dealkylation sites (tertiary alicyclic amines) is 2. The van der Waals surface area contributed by atoms with Crippen LogP contribution in [0.2, 0.25) is 0 Å². The van der Waals surface area contributed by atoms with Gasteiger partial charge < -0.3 is 14.9 Å². The summed E-state index contributed by atoms with van der Waals surface area (Å²) < 4.78 is 0. The van der Waals surface area contributed by atoms with Crippen LogP contribution in [0.5, 0.6) is 0 Å². The Bertz CT molecular complexity index is 227. The molecule has 0 saturated carbocycles. The van der Waals surface area contributed by atoms with Gasteiger partial charge in [0.2, 0.25) is 0 Å². The highest BCUT2D eigenvalue weighted by Gasteiger charge is 2.31. The standard InChI is InChI=1S/C11H20N2O2/c14-9-10-5-4-8-13(10)11(15)12-6-2-1-3-7-12/h10,14H,1-9H2/t10-/m0/s1. The molecule has 15 heavy (non-hydrogen) atoms. The number of hydrogen-bond acceptors (Lipinski definition) is 2. The number of aliphatic hydroxyl groups is 1. The third-order valence-electron chi connectivity index (χ3n) is 3.46. The van der Waals surface area contributed by atoms with Gasteiger partial charge in [-0.15, -0.1) is 0 Å². The van der Waals surface area contributed by atoms with E-state index in [2.05, 4.69) is 0 Å². The molecule has 2 rings (SSSR count). The molecule has 1 atom stereocenters. The lowest BCUT2D eigenvalue weighted by molar-refractivity contribution is 0.119. The van der Waals surface area contributed by atoms with Gasteiger partial charge in [-0.05, 0) is 32.1 Å². The molecule has 2 amide bonds. The summed E-state index contributed by atoms with van der Waals surface area (Å²) in [5.41, 5.74) is 0. The van der Waals surface area contributed by atoms with E-state index in [-0.39, 0.29) is 18.7 Å². The number of hydrogen-bond donors (Lipinski definition) is 1. The van der Waals surface area contributed by atoms with Crippen LogP contribution in [0.25, 0.3) is 0 Å². The SMILES string of the molecule is O=C(N1CCCCC1)N1CCC[C@H]1CO. The van der Waals surface area contributed by atoms with E-state index in [1.807, 2.05) is 9.80 Å². The molecular weight excluding hydrogens is 192 g/mol. The average Bonchev–Trinajstić information content (AvgIpc) is 2.77. The maximum absolute atomic E-state index is 12.1. The summed E-state index contributed by atoms with van der Waals surface area (Å²) in [6, 6.07) is 0.214. The number of urea groups is 1.